The van der Waals surface area contributed by atoms with Crippen molar-refractivity contribution in [3.63, 3.8) is 0 Å². The van der Waals surface area contributed by atoms with Gasteiger partial charge in [0.05, 0.1) is 6.54 Å². The lowest BCUT2D eigenvalue weighted by Crippen LogP contribution is -2.40. The average molecular weight is 377 g/mol. The molecule has 0 aliphatic rings. The van der Waals surface area contributed by atoms with Gasteiger partial charge in [-0.3, -0.25) is 4.99 Å². The molecule has 0 saturated carbocycles. The van der Waals surface area contributed by atoms with E-state index in [4.69, 9.17) is 4.74 Å². The van der Waals surface area contributed by atoms with E-state index in [1.807, 2.05) is 25.2 Å². The van der Waals surface area contributed by atoms with Crippen molar-refractivity contribution in [1.82, 2.24) is 10.6 Å². The van der Waals surface area contributed by atoms with E-state index < -0.39 is 0 Å². The van der Waals surface area contributed by atoms with Crippen LogP contribution in [-0.4, -0.2) is 32.7 Å². The molecule has 0 saturated heterocycles. The number of para-hydroxylation sites is 1. The highest BCUT2D eigenvalue weighted by Gasteiger charge is 2.09. The molecule has 108 valence electrons. The molecule has 5 heteroatoms. The van der Waals surface area contributed by atoms with Crippen molar-refractivity contribution in [2.24, 2.45) is 4.99 Å². The molecule has 19 heavy (non-hydrogen) atoms. The number of aliphatic imine (C=N–C) groups is 1. The molecule has 0 aliphatic carbocycles. The number of hydrogen-bond acceptors (Lipinski definition) is 2. The van der Waals surface area contributed by atoms with E-state index in [0.717, 1.165) is 30.2 Å². The van der Waals surface area contributed by atoms with Gasteiger partial charge in [-0.1, -0.05) is 25.1 Å². The van der Waals surface area contributed by atoms with Crippen LogP contribution in [0.5, 0.6) is 5.75 Å². The molecule has 0 amide bonds. The zero-order valence-corrected chi connectivity index (χ0v) is 14.4. The van der Waals surface area contributed by atoms with Crippen molar-refractivity contribution < 1.29 is 4.74 Å². The summed E-state index contributed by atoms with van der Waals surface area (Å²) >= 11 is 0. The van der Waals surface area contributed by atoms with Gasteiger partial charge in [0.25, 0.3) is 0 Å². The minimum absolute atomic E-state index is 0. The van der Waals surface area contributed by atoms with Gasteiger partial charge in [-0.15, -0.1) is 24.0 Å². The van der Waals surface area contributed by atoms with Crippen LogP contribution in [0.4, 0.5) is 0 Å². The maximum absolute atomic E-state index is 5.99. The van der Waals surface area contributed by atoms with Crippen molar-refractivity contribution in [2.75, 3.05) is 20.6 Å². The summed E-state index contributed by atoms with van der Waals surface area (Å²) in [5.41, 5.74) is 1.16. The van der Waals surface area contributed by atoms with Gasteiger partial charge < -0.3 is 15.4 Å². The Morgan fingerprint density at radius 3 is 2.58 bits per heavy atom. The zero-order chi connectivity index (χ0) is 13.4. The van der Waals surface area contributed by atoms with Crippen molar-refractivity contribution in [3.05, 3.63) is 29.8 Å². The summed E-state index contributed by atoms with van der Waals surface area (Å²) in [5, 5.41) is 6.21. The zero-order valence-electron chi connectivity index (χ0n) is 12.1. The third kappa shape index (κ3) is 6.13. The Labute approximate surface area is 133 Å². The number of ether oxygens (including phenoxy) is 1. The van der Waals surface area contributed by atoms with Crippen molar-refractivity contribution >= 4 is 29.9 Å². The van der Waals surface area contributed by atoms with E-state index in [2.05, 4.69) is 35.5 Å². The molecule has 0 radical (unpaired) electrons. The van der Waals surface area contributed by atoms with E-state index >= 15 is 0 Å². The standard InChI is InChI=1S/C14H23N3O.HI/c1-5-12(10-17-14(15-3)16-4)18-13-9-7-6-8-11(13)2;/h6-9,12H,5,10H2,1-4H3,(H2,15,16,17);1H. The molecule has 0 spiro atoms. The Hall–Kier alpha value is -0.980. The van der Waals surface area contributed by atoms with Crippen molar-refractivity contribution in [2.45, 2.75) is 26.4 Å². The molecule has 1 aromatic carbocycles. The second kappa shape index (κ2) is 9.89. The molecule has 0 aliphatic heterocycles. The first-order valence-electron chi connectivity index (χ1n) is 6.32. The maximum Gasteiger partial charge on any atom is 0.190 e. The summed E-state index contributed by atoms with van der Waals surface area (Å²) in [5.74, 6) is 1.73. The minimum Gasteiger partial charge on any atom is -0.488 e. The van der Waals surface area contributed by atoms with E-state index in [0.29, 0.717) is 0 Å². The van der Waals surface area contributed by atoms with Gasteiger partial charge in [-0.05, 0) is 25.0 Å². The molecular weight excluding hydrogens is 353 g/mol. The van der Waals surface area contributed by atoms with Gasteiger partial charge >= 0.3 is 0 Å². The largest absolute Gasteiger partial charge is 0.488 e. The molecule has 1 rings (SSSR count). The van der Waals surface area contributed by atoms with Crippen LogP contribution in [0.3, 0.4) is 0 Å². The number of rotatable bonds is 5. The molecule has 0 fully saturated rings. The quantitative estimate of drug-likeness (QED) is 0.471. The van der Waals surface area contributed by atoms with Crippen LogP contribution in [0.15, 0.2) is 29.3 Å². The number of nitrogens with one attached hydrogen (secondary N) is 2. The topological polar surface area (TPSA) is 45.7 Å². The summed E-state index contributed by atoms with van der Waals surface area (Å²) < 4.78 is 5.99. The Morgan fingerprint density at radius 2 is 2.05 bits per heavy atom. The number of hydrogen-bond donors (Lipinski definition) is 2. The van der Waals surface area contributed by atoms with Crippen molar-refractivity contribution in [1.29, 1.82) is 0 Å². The van der Waals surface area contributed by atoms with Gasteiger partial charge in [0.1, 0.15) is 11.9 Å². The first kappa shape index (κ1) is 18.0. The molecule has 1 unspecified atom stereocenters. The molecule has 2 N–H and O–H groups in total. The molecule has 1 aromatic rings. The number of nitrogens with zero attached hydrogens (tertiary/aromatic N) is 1. The minimum atomic E-state index is 0. The van der Waals surface area contributed by atoms with Crippen LogP contribution in [0, 0.1) is 6.92 Å². The summed E-state index contributed by atoms with van der Waals surface area (Å²) in [4.78, 5) is 4.08. The number of halogens is 1. The number of guanidine groups is 1. The van der Waals surface area contributed by atoms with Gasteiger partial charge in [0, 0.05) is 14.1 Å². The van der Waals surface area contributed by atoms with Gasteiger partial charge in [0.15, 0.2) is 5.96 Å². The van der Waals surface area contributed by atoms with E-state index in [1.54, 1.807) is 7.05 Å². The third-order valence-electron chi connectivity index (χ3n) is 2.80. The summed E-state index contributed by atoms with van der Waals surface area (Å²) in [7, 11) is 3.60. The van der Waals surface area contributed by atoms with E-state index in [-0.39, 0.29) is 30.1 Å². The molecule has 1 atom stereocenters. The monoisotopic (exact) mass is 377 g/mol. The first-order chi connectivity index (χ1) is 8.71. The average Bonchev–Trinajstić information content (AvgIpc) is 2.40. The highest BCUT2D eigenvalue weighted by molar-refractivity contribution is 14.0. The Morgan fingerprint density at radius 1 is 1.37 bits per heavy atom. The molecule has 4 nitrogen and oxygen atoms in total. The van der Waals surface area contributed by atoms with Crippen LogP contribution >= 0.6 is 24.0 Å². The molecule has 0 heterocycles. The summed E-state index contributed by atoms with van der Waals surface area (Å²) in [6.07, 6.45) is 1.08. The van der Waals surface area contributed by atoms with Crippen LogP contribution in [0.25, 0.3) is 0 Å². The number of benzene rings is 1. The first-order valence-corrected chi connectivity index (χ1v) is 6.32. The summed E-state index contributed by atoms with van der Waals surface area (Å²) in [6.45, 7) is 4.91. The second-order valence-electron chi connectivity index (χ2n) is 4.12. The third-order valence-corrected chi connectivity index (χ3v) is 2.80. The van der Waals surface area contributed by atoms with E-state index in [9.17, 15) is 0 Å². The SMILES string of the molecule is CCC(CNC(=NC)NC)Oc1ccccc1C.I. The molecular formula is C14H24IN3O. The van der Waals surface area contributed by atoms with Gasteiger partial charge in [-0.25, -0.2) is 0 Å². The second-order valence-corrected chi connectivity index (χ2v) is 4.12. The van der Waals surface area contributed by atoms with Crippen LogP contribution < -0.4 is 15.4 Å². The van der Waals surface area contributed by atoms with Gasteiger partial charge in [0.2, 0.25) is 0 Å². The highest BCUT2D eigenvalue weighted by atomic mass is 127. The smallest absolute Gasteiger partial charge is 0.190 e. The molecule has 0 bridgehead atoms. The van der Waals surface area contributed by atoms with Crippen molar-refractivity contribution in [3.8, 4) is 5.75 Å². The normalized spacial score (nSPS) is 12.3. The Balaban J connectivity index is 0.00000324. The fourth-order valence-electron chi connectivity index (χ4n) is 1.63. The number of aryl methyl sites for hydroxylation is 1. The lowest BCUT2D eigenvalue weighted by molar-refractivity contribution is 0.198. The maximum atomic E-state index is 5.99. The van der Waals surface area contributed by atoms with Crippen LogP contribution in [-0.2, 0) is 0 Å². The fraction of sp³-hybridized carbons (Fsp3) is 0.500. The highest BCUT2D eigenvalue weighted by Crippen LogP contribution is 2.18. The van der Waals surface area contributed by atoms with Crippen LogP contribution in [0.1, 0.15) is 18.9 Å². The van der Waals surface area contributed by atoms with E-state index in [1.165, 1.54) is 0 Å². The van der Waals surface area contributed by atoms with Gasteiger partial charge in [-0.2, -0.15) is 0 Å². The predicted octanol–water partition coefficient (Wildman–Crippen LogP) is 2.57. The Kier molecular flexibility index (Phi) is 9.38. The summed E-state index contributed by atoms with van der Waals surface area (Å²) in [6, 6.07) is 8.08. The lowest BCUT2D eigenvalue weighted by atomic mass is 10.2. The predicted molar refractivity (Wildman–Crippen MR) is 91.7 cm³/mol. The molecule has 0 aromatic heterocycles. The Bertz CT molecular complexity index is 396. The van der Waals surface area contributed by atoms with Crippen LogP contribution in [0.2, 0.25) is 0 Å². The fourth-order valence-corrected chi connectivity index (χ4v) is 1.63. The lowest BCUT2D eigenvalue weighted by Gasteiger charge is -2.20.